The van der Waals surface area contributed by atoms with Crippen LogP contribution in [0.25, 0.3) is 6.08 Å². The van der Waals surface area contributed by atoms with E-state index in [1.807, 2.05) is 13.0 Å². The van der Waals surface area contributed by atoms with Gasteiger partial charge in [-0.1, -0.05) is 38.1 Å². The smallest absolute Gasteiger partial charge is 0.346 e. The molecular formula is C22H23NO4. The van der Waals surface area contributed by atoms with E-state index in [9.17, 15) is 4.79 Å². The molecule has 0 fully saturated rings. The van der Waals surface area contributed by atoms with Crippen LogP contribution in [0.2, 0.25) is 0 Å². The van der Waals surface area contributed by atoms with Crippen LogP contribution in [0.4, 0.5) is 0 Å². The topological polar surface area (TPSA) is 79.5 Å². The zero-order chi connectivity index (χ0) is 19.8. The predicted molar refractivity (Wildman–Crippen MR) is 104 cm³/mol. The Balaban J connectivity index is 1.91. The second-order valence-corrected chi connectivity index (χ2v) is 6.44. The van der Waals surface area contributed by atoms with Crippen LogP contribution in [0.1, 0.15) is 36.5 Å². The molecule has 0 spiro atoms. The number of aliphatic carboxylic acids is 1. The fourth-order valence-electron chi connectivity index (χ4n) is 2.52. The second-order valence-electron chi connectivity index (χ2n) is 6.44. The van der Waals surface area contributed by atoms with Gasteiger partial charge in [0.2, 0.25) is 0 Å². The molecule has 0 bridgehead atoms. The summed E-state index contributed by atoms with van der Waals surface area (Å²) in [5.74, 6) is 0.669. The summed E-state index contributed by atoms with van der Waals surface area (Å²) in [6.45, 7) is 7.10. The Hall–Kier alpha value is -3.26. The number of carboxylic acids is 1. The first-order valence-corrected chi connectivity index (χ1v) is 8.72. The van der Waals surface area contributed by atoms with Crippen molar-refractivity contribution in [3.8, 4) is 17.6 Å². The fourth-order valence-corrected chi connectivity index (χ4v) is 2.52. The molecule has 0 saturated carbocycles. The molecule has 140 valence electrons. The van der Waals surface area contributed by atoms with Crippen LogP contribution in [0.5, 0.6) is 11.5 Å². The number of ether oxygens (including phenoxy) is 2. The number of benzene rings is 2. The van der Waals surface area contributed by atoms with Crippen LogP contribution in [0, 0.1) is 18.3 Å². The molecule has 0 aliphatic carbocycles. The van der Waals surface area contributed by atoms with Gasteiger partial charge in [-0.05, 0) is 53.8 Å². The minimum absolute atomic E-state index is 0.309. The summed E-state index contributed by atoms with van der Waals surface area (Å²) in [4.78, 5) is 10.9. The summed E-state index contributed by atoms with van der Waals surface area (Å²) in [5, 5.41) is 17.7. The first kappa shape index (κ1) is 20.1. The van der Waals surface area contributed by atoms with Gasteiger partial charge in [0.05, 0.1) is 0 Å². The lowest BCUT2D eigenvalue weighted by atomic mass is 10.0. The highest BCUT2D eigenvalue weighted by atomic mass is 16.5. The molecule has 0 aromatic heterocycles. The van der Waals surface area contributed by atoms with Gasteiger partial charge in [-0.2, -0.15) is 5.26 Å². The highest BCUT2D eigenvalue weighted by molar-refractivity contribution is 5.96. The van der Waals surface area contributed by atoms with Crippen LogP contribution in [0.3, 0.4) is 0 Å². The lowest BCUT2D eigenvalue weighted by Gasteiger charge is -2.15. The largest absolute Gasteiger partial charge is 0.490 e. The van der Waals surface area contributed by atoms with Gasteiger partial charge in [-0.3, -0.25) is 0 Å². The first-order valence-electron chi connectivity index (χ1n) is 8.72. The van der Waals surface area contributed by atoms with Crippen molar-refractivity contribution >= 4 is 12.0 Å². The van der Waals surface area contributed by atoms with E-state index in [2.05, 4.69) is 26.0 Å². The normalized spacial score (nSPS) is 11.1. The van der Waals surface area contributed by atoms with Crippen molar-refractivity contribution in [1.82, 2.24) is 0 Å². The van der Waals surface area contributed by atoms with Crippen molar-refractivity contribution in [2.24, 2.45) is 0 Å². The Morgan fingerprint density at radius 3 is 2.41 bits per heavy atom. The summed E-state index contributed by atoms with van der Waals surface area (Å²) in [6.07, 6.45) is 1.32. The van der Waals surface area contributed by atoms with Gasteiger partial charge >= 0.3 is 5.97 Å². The standard InChI is InChI=1S/C22H23NO4/c1-15(2)20-9-4-16(3)12-21(20)27-11-10-26-19-7-5-17(6-8-19)13-18(14-23)22(24)25/h4-9,12-13,15H,10-11H2,1-3H3,(H,24,25). The number of carboxylic acid groups (broad SMARTS) is 1. The minimum atomic E-state index is -1.24. The van der Waals surface area contributed by atoms with Crippen molar-refractivity contribution in [2.75, 3.05) is 13.2 Å². The summed E-state index contributed by atoms with van der Waals surface area (Å²) in [7, 11) is 0. The van der Waals surface area contributed by atoms with E-state index in [1.165, 1.54) is 11.6 Å². The second kappa shape index (κ2) is 9.44. The van der Waals surface area contributed by atoms with Gasteiger partial charge < -0.3 is 14.6 Å². The zero-order valence-electron chi connectivity index (χ0n) is 15.7. The maximum Gasteiger partial charge on any atom is 0.346 e. The molecule has 0 atom stereocenters. The SMILES string of the molecule is Cc1ccc(C(C)C)c(OCCOc2ccc(C=C(C#N)C(=O)O)cc2)c1. The van der Waals surface area contributed by atoms with Gasteiger partial charge in [0.25, 0.3) is 0 Å². The monoisotopic (exact) mass is 365 g/mol. The quantitative estimate of drug-likeness (QED) is 0.421. The molecule has 5 nitrogen and oxygen atoms in total. The van der Waals surface area contributed by atoms with Gasteiger partial charge in [-0.25, -0.2) is 4.79 Å². The molecular weight excluding hydrogens is 342 g/mol. The summed E-state index contributed by atoms with van der Waals surface area (Å²) >= 11 is 0. The maximum atomic E-state index is 10.9. The van der Waals surface area contributed by atoms with Crippen molar-refractivity contribution in [2.45, 2.75) is 26.7 Å². The highest BCUT2D eigenvalue weighted by Gasteiger charge is 2.08. The summed E-state index contributed by atoms with van der Waals surface area (Å²) < 4.78 is 11.5. The van der Waals surface area contributed by atoms with Crippen molar-refractivity contribution in [1.29, 1.82) is 5.26 Å². The van der Waals surface area contributed by atoms with Crippen molar-refractivity contribution in [3.63, 3.8) is 0 Å². The zero-order valence-corrected chi connectivity index (χ0v) is 15.7. The molecule has 1 N–H and O–H groups in total. The third-order valence-corrected chi connectivity index (χ3v) is 3.94. The molecule has 5 heteroatoms. The predicted octanol–water partition coefficient (Wildman–Crippen LogP) is 4.57. The van der Waals surface area contributed by atoms with Crippen LogP contribution in [-0.2, 0) is 4.79 Å². The lowest BCUT2D eigenvalue weighted by Crippen LogP contribution is -2.10. The van der Waals surface area contributed by atoms with Crippen LogP contribution >= 0.6 is 0 Å². The van der Waals surface area contributed by atoms with E-state index < -0.39 is 5.97 Å². The molecule has 2 aromatic carbocycles. The average Bonchev–Trinajstić information content (AvgIpc) is 2.64. The minimum Gasteiger partial charge on any atom is -0.490 e. The van der Waals surface area contributed by atoms with Gasteiger partial charge in [0.1, 0.15) is 36.4 Å². The third kappa shape index (κ3) is 5.89. The number of aryl methyl sites for hydroxylation is 1. The van der Waals surface area contributed by atoms with Crippen molar-refractivity contribution in [3.05, 3.63) is 64.7 Å². The number of carbonyl (C=O) groups is 1. The molecule has 2 rings (SSSR count). The number of nitriles is 1. The van der Waals surface area contributed by atoms with Crippen LogP contribution in [0.15, 0.2) is 48.0 Å². The van der Waals surface area contributed by atoms with E-state index >= 15 is 0 Å². The number of rotatable bonds is 8. The molecule has 0 amide bonds. The molecule has 27 heavy (non-hydrogen) atoms. The maximum absolute atomic E-state index is 10.9. The van der Waals surface area contributed by atoms with E-state index in [0.29, 0.717) is 30.4 Å². The summed E-state index contributed by atoms with van der Waals surface area (Å²) in [6, 6.07) is 14.7. The Morgan fingerprint density at radius 2 is 1.81 bits per heavy atom. The molecule has 0 heterocycles. The third-order valence-electron chi connectivity index (χ3n) is 3.94. The average molecular weight is 365 g/mol. The fraction of sp³-hybridized carbons (Fsp3) is 0.273. The lowest BCUT2D eigenvalue weighted by molar-refractivity contribution is -0.132. The molecule has 0 aliphatic heterocycles. The van der Waals surface area contributed by atoms with Gasteiger partial charge in [0, 0.05) is 0 Å². The highest BCUT2D eigenvalue weighted by Crippen LogP contribution is 2.27. The number of nitrogens with zero attached hydrogens (tertiary/aromatic N) is 1. The number of hydrogen-bond donors (Lipinski definition) is 1. The number of hydrogen-bond acceptors (Lipinski definition) is 4. The Bertz CT molecular complexity index is 861. The Labute approximate surface area is 159 Å². The molecule has 0 saturated heterocycles. The molecule has 0 aliphatic rings. The summed E-state index contributed by atoms with van der Waals surface area (Å²) in [5.41, 5.74) is 2.63. The molecule has 2 aromatic rings. The van der Waals surface area contributed by atoms with E-state index in [0.717, 1.165) is 11.3 Å². The molecule has 0 radical (unpaired) electrons. The Kier molecular flexibility index (Phi) is 7.01. The van der Waals surface area contributed by atoms with Gasteiger partial charge in [0.15, 0.2) is 0 Å². The van der Waals surface area contributed by atoms with E-state index in [4.69, 9.17) is 19.8 Å². The van der Waals surface area contributed by atoms with Crippen LogP contribution in [-0.4, -0.2) is 24.3 Å². The first-order chi connectivity index (χ1) is 12.9. The molecule has 0 unspecified atom stereocenters. The van der Waals surface area contributed by atoms with E-state index in [-0.39, 0.29) is 5.57 Å². The van der Waals surface area contributed by atoms with Crippen molar-refractivity contribution < 1.29 is 19.4 Å². The van der Waals surface area contributed by atoms with Crippen LogP contribution < -0.4 is 9.47 Å². The van der Waals surface area contributed by atoms with E-state index in [1.54, 1.807) is 30.3 Å². The van der Waals surface area contributed by atoms with Gasteiger partial charge in [-0.15, -0.1) is 0 Å². The Morgan fingerprint density at radius 1 is 1.15 bits per heavy atom.